The molecule has 0 saturated carbocycles. The van der Waals surface area contributed by atoms with Crippen molar-refractivity contribution < 1.29 is 10.0 Å². The first-order chi connectivity index (χ1) is 9.26. The molecule has 1 atom stereocenters. The number of oxime groups is 1. The molecule has 0 spiro atoms. The van der Waals surface area contributed by atoms with Crippen LogP contribution >= 0.6 is 0 Å². The number of hydrogen-bond donors (Lipinski definition) is 3. The fourth-order valence-corrected chi connectivity index (χ4v) is 1.85. The summed E-state index contributed by atoms with van der Waals surface area (Å²) in [6.07, 6.45) is 2.76. The summed E-state index contributed by atoms with van der Waals surface area (Å²) in [5.41, 5.74) is 5.34. The van der Waals surface area contributed by atoms with Crippen LogP contribution in [0.1, 0.15) is 47.0 Å². The van der Waals surface area contributed by atoms with Gasteiger partial charge in [-0.3, -0.25) is 4.79 Å². The van der Waals surface area contributed by atoms with Crippen LogP contribution in [-0.4, -0.2) is 48.0 Å². The van der Waals surface area contributed by atoms with Crippen molar-refractivity contribution in [3.8, 4) is 0 Å². The zero-order valence-corrected chi connectivity index (χ0v) is 13.4. The van der Waals surface area contributed by atoms with E-state index in [1.165, 1.54) is 0 Å². The number of rotatable bonds is 9. The van der Waals surface area contributed by atoms with Crippen molar-refractivity contribution in [2.45, 2.75) is 53.0 Å². The van der Waals surface area contributed by atoms with E-state index in [4.69, 9.17) is 10.9 Å². The van der Waals surface area contributed by atoms with Gasteiger partial charge in [0.25, 0.3) is 0 Å². The molecule has 1 unspecified atom stereocenters. The normalized spacial score (nSPS) is 14.2. The Morgan fingerprint density at radius 1 is 1.45 bits per heavy atom. The number of hydrogen-bond acceptors (Lipinski definition) is 4. The SMILES string of the molecule is CCN(C)C(=O)C(C)NCCCCC(C)(C)C(N)=NO. The number of nitrogens with two attached hydrogens (primary N) is 1. The van der Waals surface area contributed by atoms with Crippen LogP contribution in [0.4, 0.5) is 0 Å². The quantitative estimate of drug-likeness (QED) is 0.196. The van der Waals surface area contributed by atoms with Crippen LogP contribution < -0.4 is 11.1 Å². The lowest BCUT2D eigenvalue weighted by Gasteiger charge is -2.23. The van der Waals surface area contributed by atoms with Crippen LogP contribution in [0.2, 0.25) is 0 Å². The predicted molar refractivity (Wildman–Crippen MR) is 81.8 cm³/mol. The number of nitrogens with one attached hydrogen (secondary N) is 1. The third-order valence-corrected chi connectivity index (χ3v) is 3.70. The van der Waals surface area contributed by atoms with Gasteiger partial charge in [0, 0.05) is 19.0 Å². The van der Waals surface area contributed by atoms with Crippen LogP contribution in [0.3, 0.4) is 0 Å². The van der Waals surface area contributed by atoms with E-state index in [-0.39, 0.29) is 23.2 Å². The largest absolute Gasteiger partial charge is 0.409 e. The number of amides is 1. The highest BCUT2D eigenvalue weighted by atomic mass is 16.4. The fourth-order valence-electron chi connectivity index (χ4n) is 1.85. The Morgan fingerprint density at radius 2 is 2.05 bits per heavy atom. The fraction of sp³-hybridized carbons (Fsp3) is 0.857. The third kappa shape index (κ3) is 6.23. The highest BCUT2D eigenvalue weighted by Gasteiger charge is 2.22. The molecule has 0 aromatic carbocycles. The van der Waals surface area contributed by atoms with Gasteiger partial charge in [0.15, 0.2) is 0 Å². The maximum absolute atomic E-state index is 11.8. The zero-order chi connectivity index (χ0) is 15.8. The lowest BCUT2D eigenvalue weighted by atomic mass is 9.86. The highest BCUT2D eigenvalue weighted by molar-refractivity contribution is 5.85. The zero-order valence-electron chi connectivity index (χ0n) is 13.4. The average molecular weight is 286 g/mol. The Balaban J connectivity index is 3.91. The standard InChI is InChI=1S/C14H30N4O2/c1-6-18(5)12(19)11(2)16-10-8-7-9-14(3,4)13(15)17-20/h11,16,20H,6-10H2,1-5H3,(H2,15,17). The maximum atomic E-state index is 11.8. The van der Waals surface area contributed by atoms with Gasteiger partial charge >= 0.3 is 0 Å². The van der Waals surface area contributed by atoms with Gasteiger partial charge in [-0.2, -0.15) is 0 Å². The van der Waals surface area contributed by atoms with Gasteiger partial charge in [0.05, 0.1) is 6.04 Å². The van der Waals surface area contributed by atoms with Crippen LogP contribution in [0.15, 0.2) is 5.16 Å². The van der Waals surface area contributed by atoms with Crippen LogP contribution in [0, 0.1) is 5.41 Å². The van der Waals surface area contributed by atoms with E-state index in [9.17, 15) is 4.79 Å². The number of unbranched alkanes of at least 4 members (excludes halogenated alkanes) is 1. The molecule has 4 N–H and O–H groups in total. The molecule has 6 nitrogen and oxygen atoms in total. The minimum Gasteiger partial charge on any atom is -0.409 e. The molecule has 0 radical (unpaired) electrons. The van der Waals surface area contributed by atoms with Gasteiger partial charge in [0.2, 0.25) is 5.91 Å². The van der Waals surface area contributed by atoms with Crippen LogP contribution in [-0.2, 0) is 4.79 Å². The van der Waals surface area contributed by atoms with Crippen molar-refractivity contribution in [1.29, 1.82) is 0 Å². The first-order valence-electron chi connectivity index (χ1n) is 7.22. The predicted octanol–water partition coefficient (Wildman–Crippen LogP) is 1.39. The molecule has 6 heteroatoms. The van der Waals surface area contributed by atoms with Gasteiger partial charge < -0.3 is 21.2 Å². The molecule has 118 valence electrons. The summed E-state index contributed by atoms with van der Waals surface area (Å²) in [7, 11) is 1.81. The summed E-state index contributed by atoms with van der Waals surface area (Å²) in [6.45, 7) is 9.26. The first-order valence-corrected chi connectivity index (χ1v) is 7.22. The van der Waals surface area contributed by atoms with Crippen LogP contribution in [0.25, 0.3) is 0 Å². The van der Waals surface area contributed by atoms with Crippen molar-refractivity contribution in [3.05, 3.63) is 0 Å². The maximum Gasteiger partial charge on any atom is 0.239 e. The Bertz CT molecular complexity index is 329. The second-order valence-electron chi connectivity index (χ2n) is 5.85. The van der Waals surface area contributed by atoms with E-state index in [2.05, 4.69) is 10.5 Å². The third-order valence-electron chi connectivity index (χ3n) is 3.70. The summed E-state index contributed by atoms with van der Waals surface area (Å²) in [6, 6.07) is -0.156. The molecule has 0 aromatic rings. The summed E-state index contributed by atoms with van der Waals surface area (Å²) in [5, 5.41) is 15.0. The lowest BCUT2D eigenvalue weighted by molar-refractivity contribution is -0.131. The molecule has 0 saturated heterocycles. The number of likely N-dealkylation sites (N-methyl/N-ethyl adjacent to an activating group) is 1. The smallest absolute Gasteiger partial charge is 0.239 e. The molecule has 0 aliphatic rings. The number of carbonyl (C=O) groups is 1. The topological polar surface area (TPSA) is 91.0 Å². The van der Waals surface area contributed by atoms with Gasteiger partial charge in [0.1, 0.15) is 5.84 Å². The van der Waals surface area contributed by atoms with Crippen molar-refractivity contribution in [2.75, 3.05) is 20.1 Å². The number of carbonyl (C=O) groups excluding carboxylic acids is 1. The van der Waals surface area contributed by atoms with Crippen molar-refractivity contribution >= 4 is 11.7 Å². The van der Waals surface area contributed by atoms with Gasteiger partial charge in [-0.1, -0.05) is 25.4 Å². The second-order valence-corrected chi connectivity index (χ2v) is 5.85. The average Bonchev–Trinajstić information content (AvgIpc) is 2.43. The molecule has 0 bridgehead atoms. The van der Waals surface area contributed by atoms with Crippen molar-refractivity contribution in [1.82, 2.24) is 10.2 Å². The molecule has 20 heavy (non-hydrogen) atoms. The molecular weight excluding hydrogens is 256 g/mol. The monoisotopic (exact) mass is 286 g/mol. The molecule has 1 amide bonds. The van der Waals surface area contributed by atoms with E-state index < -0.39 is 0 Å². The van der Waals surface area contributed by atoms with Crippen molar-refractivity contribution in [3.63, 3.8) is 0 Å². The first kappa shape index (κ1) is 18.7. The molecule has 0 aliphatic carbocycles. The Kier molecular flexibility index (Phi) is 8.22. The molecule has 0 fully saturated rings. The molecule has 0 aromatic heterocycles. The van der Waals surface area contributed by atoms with Crippen LogP contribution in [0.5, 0.6) is 0 Å². The molecular formula is C14H30N4O2. The van der Waals surface area contributed by atoms with Gasteiger partial charge in [-0.05, 0) is 33.2 Å². The lowest BCUT2D eigenvalue weighted by Crippen LogP contribution is -2.43. The summed E-state index contributed by atoms with van der Waals surface area (Å²) in [5.74, 6) is 0.378. The van der Waals surface area contributed by atoms with E-state index in [0.717, 1.165) is 32.4 Å². The summed E-state index contributed by atoms with van der Waals surface area (Å²) < 4.78 is 0. The highest BCUT2D eigenvalue weighted by Crippen LogP contribution is 2.23. The van der Waals surface area contributed by atoms with Gasteiger partial charge in [-0.15, -0.1) is 0 Å². The summed E-state index contributed by atoms with van der Waals surface area (Å²) >= 11 is 0. The Morgan fingerprint density at radius 3 is 2.55 bits per heavy atom. The van der Waals surface area contributed by atoms with Gasteiger partial charge in [-0.25, -0.2) is 0 Å². The minimum atomic E-state index is -0.293. The van der Waals surface area contributed by atoms with E-state index in [0.29, 0.717) is 0 Å². The van der Waals surface area contributed by atoms with E-state index >= 15 is 0 Å². The molecule has 0 rings (SSSR count). The molecule has 0 heterocycles. The Labute approximate surface area is 122 Å². The van der Waals surface area contributed by atoms with Crippen molar-refractivity contribution in [2.24, 2.45) is 16.3 Å². The minimum absolute atomic E-state index is 0.115. The Hall–Kier alpha value is -1.30. The molecule has 0 aliphatic heterocycles. The number of nitrogens with zero attached hydrogens (tertiary/aromatic N) is 2. The second kappa shape index (κ2) is 8.79. The number of amidine groups is 1. The van der Waals surface area contributed by atoms with E-state index in [1.807, 2.05) is 27.7 Å². The summed E-state index contributed by atoms with van der Waals surface area (Å²) in [4.78, 5) is 13.5. The van der Waals surface area contributed by atoms with E-state index in [1.54, 1.807) is 11.9 Å².